The largest absolute Gasteiger partial charge is 0.508 e. The Hall–Kier alpha value is -0.813. The molecule has 0 saturated carbocycles. The highest BCUT2D eigenvalue weighted by molar-refractivity contribution is 14.1. The maximum atomic E-state index is 9.87. The molecule has 27 heavy (non-hydrogen) atoms. The van der Waals surface area contributed by atoms with Crippen LogP contribution < -0.4 is 0 Å². The third-order valence-electron chi connectivity index (χ3n) is 5.14. The molecule has 0 aromatic heterocycles. The molecule has 0 aliphatic heterocycles. The molecule has 0 aliphatic carbocycles. The Balaban J connectivity index is 1.89. The van der Waals surface area contributed by atoms with Gasteiger partial charge in [0.05, 0.1) is 0 Å². The van der Waals surface area contributed by atoms with Crippen molar-refractivity contribution in [2.75, 3.05) is 0 Å². The van der Waals surface area contributed by atoms with E-state index in [9.17, 15) is 5.11 Å². The summed E-state index contributed by atoms with van der Waals surface area (Å²) in [6.45, 7) is 2.27. The minimum atomic E-state index is 0.376. The van der Waals surface area contributed by atoms with Crippen LogP contribution in [0.5, 0.6) is 5.75 Å². The van der Waals surface area contributed by atoms with Crippen LogP contribution in [0.2, 0.25) is 6.04 Å². The zero-order valence-electron chi connectivity index (χ0n) is 16.6. The Morgan fingerprint density at radius 1 is 0.815 bits per heavy atom. The van der Waals surface area contributed by atoms with Crippen molar-refractivity contribution in [2.45, 2.75) is 77.2 Å². The topological polar surface area (TPSA) is 20.2 Å². The van der Waals surface area contributed by atoms with Crippen molar-refractivity contribution >= 4 is 28.8 Å². The summed E-state index contributed by atoms with van der Waals surface area (Å²) in [5.74, 6) is 0.376. The molecule has 0 amide bonds. The van der Waals surface area contributed by atoms with Gasteiger partial charge in [0.2, 0.25) is 0 Å². The number of phenols is 1. The predicted molar refractivity (Wildman–Crippen MR) is 128 cm³/mol. The van der Waals surface area contributed by atoms with Gasteiger partial charge < -0.3 is 5.11 Å². The molecule has 2 aromatic rings. The molecule has 0 aliphatic rings. The van der Waals surface area contributed by atoms with E-state index in [-0.39, 0.29) is 0 Å². The van der Waals surface area contributed by atoms with E-state index in [2.05, 4.69) is 59.1 Å². The molecule has 2 radical (unpaired) electrons. The number of hydrogen-bond acceptors (Lipinski definition) is 1. The normalized spacial score (nSPS) is 11.0. The van der Waals surface area contributed by atoms with Crippen molar-refractivity contribution in [1.82, 2.24) is 0 Å². The quantitative estimate of drug-likeness (QED) is 0.131. The van der Waals surface area contributed by atoms with E-state index in [0.29, 0.717) is 5.75 Å². The van der Waals surface area contributed by atoms with Gasteiger partial charge in [-0.05, 0) is 53.6 Å². The molecule has 146 valence electrons. The lowest BCUT2D eigenvalue weighted by atomic mass is 9.95. The maximum Gasteiger partial charge on any atom is 0.130 e. The average molecular weight is 493 g/mol. The molecular formula is C24H33IOSi. The predicted octanol–water partition coefficient (Wildman–Crippen LogP) is 7.76. The van der Waals surface area contributed by atoms with Gasteiger partial charge in [0.1, 0.15) is 12.8 Å². The summed E-state index contributed by atoms with van der Waals surface area (Å²) >= 11 is 2.46. The Morgan fingerprint density at radius 2 is 1.52 bits per heavy atom. The summed E-state index contributed by atoms with van der Waals surface area (Å²) in [7, 11) is 0.975. The standard InChI is InChI=1S/C24H33IOSi/c1-2-3-4-5-6-7-8-10-20-12-14-21(15-13-20)24-17-16-23(26)19-22(24)11-9-18-27-25/h12-17,19,26H,2-11,18H2,1H3. The molecule has 0 atom stereocenters. The fourth-order valence-electron chi connectivity index (χ4n) is 3.55. The molecule has 3 heteroatoms. The molecule has 2 aromatic carbocycles. The summed E-state index contributed by atoms with van der Waals surface area (Å²) in [6, 6.07) is 16.2. The third kappa shape index (κ3) is 8.38. The first-order chi connectivity index (χ1) is 13.2. The monoisotopic (exact) mass is 492 g/mol. The lowest BCUT2D eigenvalue weighted by Crippen LogP contribution is -1.92. The van der Waals surface area contributed by atoms with Crippen LogP contribution in [-0.2, 0) is 12.8 Å². The first-order valence-electron chi connectivity index (χ1n) is 10.5. The smallest absolute Gasteiger partial charge is 0.130 e. The molecule has 0 saturated heterocycles. The highest BCUT2D eigenvalue weighted by atomic mass is 127. The van der Waals surface area contributed by atoms with Crippen LogP contribution in [0.15, 0.2) is 42.5 Å². The van der Waals surface area contributed by atoms with Gasteiger partial charge >= 0.3 is 0 Å². The van der Waals surface area contributed by atoms with Gasteiger partial charge in [-0.25, -0.2) is 0 Å². The highest BCUT2D eigenvalue weighted by Crippen LogP contribution is 2.29. The number of benzene rings is 2. The zero-order chi connectivity index (χ0) is 19.3. The van der Waals surface area contributed by atoms with Crippen molar-refractivity contribution in [3.05, 3.63) is 53.6 Å². The summed E-state index contributed by atoms with van der Waals surface area (Å²) < 4.78 is 0. The van der Waals surface area contributed by atoms with E-state index in [1.165, 1.54) is 86.1 Å². The summed E-state index contributed by atoms with van der Waals surface area (Å²) in [5.41, 5.74) is 5.25. The minimum Gasteiger partial charge on any atom is -0.508 e. The van der Waals surface area contributed by atoms with Crippen LogP contribution >= 0.6 is 21.8 Å². The van der Waals surface area contributed by atoms with Gasteiger partial charge in [-0.3, -0.25) is 0 Å². The number of aromatic hydroxyl groups is 1. The lowest BCUT2D eigenvalue weighted by Gasteiger charge is -2.11. The fourth-order valence-corrected chi connectivity index (χ4v) is 5.01. The van der Waals surface area contributed by atoms with E-state index in [1.807, 2.05) is 12.1 Å². The summed E-state index contributed by atoms with van der Waals surface area (Å²) in [6.07, 6.45) is 13.0. The molecule has 0 bridgehead atoms. The van der Waals surface area contributed by atoms with Crippen LogP contribution in [0, 0.1) is 0 Å². The minimum absolute atomic E-state index is 0.376. The van der Waals surface area contributed by atoms with E-state index in [0.717, 1.165) is 13.4 Å². The molecule has 0 heterocycles. The number of rotatable bonds is 13. The number of unbranched alkanes of at least 4 members (excludes halogenated alkanes) is 6. The van der Waals surface area contributed by atoms with Crippen molar-refractivity contribution in [1.29, 1.82) is 0 Å². The third-order valence-corrected chi connectivity index (χ3v) is 7.30. The van der Waals surface area contributed by atoms with E-state index < -0.39 is 0 Å². The molecule has 1 N–H and O–H groups in total. The van der Waals surface area contributed by atoms with E-state index in [1.54, 1.807) is 0 Å². The number of halogens is 1. The van der Waals surface area contributed by atoms with E-state index in [4.69, 9.17) is 0 Å². The highest BCUT2D eigenvalue weighted by Gasteiger charge is 2.07. The van der Waals surface area contributed by atoms with Gasteiger partial charge in [0.25, 0.3) is 0 Å². The number of aryl methyl sites for hydroxylation is 2. The Morgan fingerprint density at radius 3 is 2.22 bits per heavy atom. The molecule has 0 spiro atoms. The second kappa shape index (κ2) is 13.4. The van der Waals surface area contributed by atoms with Crippen LogP contribution in [-0.4, -0.2) is 12.1 Å². The van der Waals surface area contributed by atoms with Gasteiger partial charge in [0.15, 0.2) is 0 Å². The second-order valence-electron chi connectivity index (χ2n) is 7.40. The Labute approximate surface area is 181 Å². The van der Waals surface area contributed by atoms with Gasteiger partial charge in [0, 0.05) is 0 Å². The molecule has 2 rings (SSSR count). The van der Waals surface area contributed by atoms with Crippen LogP contribution in [0.4, 0.5) is 0 Å². The van der Waals surface area contributed by atoms with Crippen LogP contribution in [0.25, 0.3) is 11.1 Å². The number of hydrogen-bond donors (Lipinski definition) is 1. The van der Waals surface area contributed by atoms with Crippen molar-refractivity contribution in [3.63, 3.8) is 0 Å². The molecule has 0 unspecified atom stereocenters. The van der Waals surface area contributed by atoms with Crippen LogP contribution in [0.3, 0.4) is 0 Å². The van der Waals surface area contributed by atoms with Crippen LogP contribution in [0.1, 0.15) is 69.4 Å². The SMILES string of the molecule is CCCCCCCCCc1ccc(-c2ccc(O)cc2CCC[Si]I)cc1. The first kappa shape index (κ1) is 22.5. The zero-order valence-corrected chi connectivity index (χ0v) is 19.8. The summed E-state index contributed by atoms with van der Waals surface area (Å²) in [4.78, 5) is 0. The molecule has 1 nitrogen and oxygen atoms in total. The van der Waals surface area contributed by atoms with Crippen molar-refractivity contribution in [3.8, 4) is 16.9 Å². The second-order valence-corrected chi connectivity index (χ2v) is 10.5. The Kier molecular flexibility index (Phi) is 11.1. The lowest BCUT2D eigenvalue weighted by molar-refractivity contribution is 0.474. The van der Waals surface area contributed by atoms with Gasteiger partial charge in [-0.15, -0.1) is 21.8 Å². The van der Waals surface area contributed by atoms with Crippen molar-refractivity contribution < 1.29 is 5.11 Å². The summed E-state index contributed by atoms with van der Waals surface area (Å²) in [5, 5.41) is 9.87. The van der Waals surface area contributed by atoms with E-state index >= 15 is 0 Å². The first-order valence-corrected chi connectivity index (χ1v) is 14.8. The Bertz CT molecular complexity index is 654. The maximum absolute atomic E-state index is 9.87. The average Bonchev–Trinajstić information content (AvgIpc) is 2.68. The molecular weight excluding hydrogens is 459 g/mol. The fraction of sp³-hybridized carbons (Fsp3) is 0.500. The molecule has 0 fully saturated rings. The van der Waals surface area contributed by atoms with Gasteiger partial charge in [-0.2, -0.15) is 0 Å². The van der Waals surface area contributed by atoms with Crippen molar-refractivity contribution in [2.24, 2.45) is 0 Å². The number of phenolic OH excluding ortho intramolecular Hbond substituents is 1. The van der Waals surface area contributed by atoms with Gasteiger partial charge in [-0.1, -0.05) is 88.2 Å².